The molecule has 0 bridgehead atoms. The van der Waals surface area contributed by atoms with Gasteiger partial charge >= 0.3 is 0 Å². The van der Waals surface area contributed by atoms with Crippen molar-refractivity contribution >= 4 is 40.2 Å². The molecule has 0 spiro atoms. The summed E-state index contributed by atoms with van der Waals surface area (Å²) >= 11 is 12.6. The highest BCUT2D eigenvalue weighted by Gasteiger charge is 2.37. The number of fused-ring (bicyclic) bond motifs is 1. The highest BCUT2D eigenvalue weighted by atomic mass is 35.5. The van der Waals surface area contributed by atoms with Crippen LogP contribution < -0.4 is 4.90 Å². The van der Waals surface area contributed by atoms with Gasteiger partial charge in [0.2, 0.25) is 0 Å². The van der Waals surface area contributed by atoms with E-state index in [2.05, 4.69) is 35.9 Å². The van der Waals surface area contributed by atoms with Crippen LogP contribution in [0.3, 0.4) is 0 Å². The minimum absolute atomic E-state index is 0.245. The van der Waals surface area contributed by atoms with Crippen LogP contribution in [0, 0.1) is 23.2 Å². The van der Waals surface area contributed by atoms with Gasteiger partial charge in [0.15, 0.2) is 11.3 Å². The third kappa shape index (κ3) is 4.65. The van der Waals surface area contributed by atoms with Crippen molar-refractivity contribution in [1.29, 1.82) is 5.26 Å². The van der Waals surface area contributed by atoms with E-state index in [1.807, 2.05) is 25.4 Å². The molecule has 5 heterocycles. The van der Waals surface area contributed by atoms with Gasteiger partial charge in [0.1, 0.15) is 23.2 Å². The Morgan fingerprint density at radius 1 is 1.19 bits per heavy atom. The fourth-order valence-corrected chi connectivity index (χ4v) is 6.15. The molecule has 4 aromatic rings. The van der Waals surface area contributed by atoms with Crippen LogP contribution >= 0.6 is 23.2 Å². The van der Waals surface area contributed by atoms with E-state index in [-0.39, 0.29) is 11.7 Å². The maximum absolute atomic E-state index is 9.65. The van der Waals surface area contributed by atoms with Crippen LogP contribution in [-0.4, -0.2) is 60.8 Å². The minimum Gasteiger partial charge on any atom is -0.355 e. The summed E-state index contributed by atoms with van der Waals surface area (Å²) in [6, 6.07) is 7.30. The monoisotopic (exact) mass is 535 g/mol. The number of rotatable bonds is 6. The second-order valence-electron chi connectivity index (χ2n) is 9.99. The molecule has 11 heteroatoms. The largest absolute Gasteiger partial charge is 0.355 e. The van der Waals surface area contributed by atoms with Gasteiger partial charge < -0.3 is 9.88 Å². The third-order valence-electron chi connectivity index (χ3n) is 7.65. The van der Waals surface area contributed by atoms with Crippen LogP contribution in [0.2, 0.25) is 10.0 Å². The summed E-state index contributed by atoms with van der Waals surface area (Å²) < 4.78 is 1.74. The van der Waals surface area contributed by atoms with Crippen molar-refractivity contribution in [2.75, 3.05) is 31.1 Å². The summed E-state index contributed by atoms with van der Waals surface area (Å²) in [5, 5.41) is 15.3. The number of H-pyrrole nitrogens is 1. The highest BCUT2D eigenvalue weighted by molar-refractivity contribution is 6.35. The number of halogens is 2. The van der Waals surface area contributed by atoms with Gasteiger partial charge in [0.05, 0.1) is 18.8 Å². The van der Waals surface area contributed by atoms with Gasteiger partial charge in [-0.25, -0.2) is 19.6 Å². The SMILES string of the molecule is CC(c1ccc(Cl)cc1Cl)n1nc(C#N)c2ncc(N3CC([C@H]4CCCN(Cc5ncc[nH]5)C4)C3)nc21. The molecule has 2 fully saturated rings. The predicted octanol–water partition coefficient (Wildman–Crippen LogP) is 4.69. The lowest BCUT2D eigenvalue weighted by Crippen LogP contribution is -2.53. The molecule has 3 aromatic heterocycles. The van der Waals surface area contributed by atoms with Gasteiger partial charge in [0.25, 0.3) is 0 Å². The number of nitrogens with zero attached hydrogens (tertiary/aromatic N) is 8. The number of hydrogen-bond acceptors (Lipinski definition) is 7. The second-order valence-corrected chi connectivity index (χ2v) is 10.8. The number of hydrogen-bond donors (Lipinski definition) is 1. The molecule has 0 aliphatic carbocycles. The van der Waals surface area contributed by atoms with Crippen molar-refractivity contribution in [1.82, 2.24) is 34.6 Å². The molecule has 2 aliphatic rings. The minimum atomic E-state index is -0.245. The summed E-state index contributed by atoms with van der Waals surface area (Å²) in [5.74, 6) is 3.14. The van der Waals surface area contributed by atoms with Gasteiger partial charge in [-0.05, 0) is 55.8 Å². The highest BCUT2D eigenvalue weighted by Crippen LogP contribution is 2.35. The Hall–Kier alpha value is -3.19. The van der Waals surface area contributed by atoms with Gasteiger partial charge in [-0.3, -0.25) is 4.90 Å². The van der Waals surface area contributed by atoms with Crippen LogP contribution in [0.15, 0.2) is 36.8 Å². The number of likely N-dealkylation sites (tertiary alicyclic amines) is 1. The zero-order valence-electron chi connectivity index (χ0n) is 20.5. The molecule has 37 heavy (non-hydrogen) atoms. The van der Waals surface area contributed by atoms with Crippen molar-refractivity contribution in [3.63, 3.8) is 0 Å². The second kappa shape index (κ2) is 9.93. The van der Waals surface area contributed by atoms with Gasteiger partial charge in [0, 0.05) is 42.1 Å². The zero-order valence-corrected chi connectivity index (χ0v) is 22.0. The predicted molar refractivity (Wildman–Crippen MR) is 143 cm³/mol. The van der Waals surface area contributed by atoms with Crippen LogP contribution in [0.5, 0.6) is 0 Å². The molecule has 0 amide bonds. The van der Waals surface area contributed by atoms with Gasteiger partial charge in [-0.1, -0.05) is 29.3 Å². The van der Waals surface area contributed by atoms with Gasteiger partial charge in [-0.2, -0.15) is 10.4 Å². The first kappa shape index (κ1) is 24.2. The van der Waals surface area contributed by atoms with Crippen LogP contribution in [-0.2, 0) is 6.54 Å². The van der Waals surface area contributed by atoms with E-state index in [1.54, 1.807) is 23.0 Å². The molecule has 0 saturated carbocycles. The molecule has 2 saturated heterocycles. The maximum atomic E-state index is 9.65. The number of nitriles is 1. The first-order valence-corrected chi connectivity index (χ1v) is 13.3. The van der Waals surface area contributed by atoms with E-state index >= 15 is 0 Å². The lowest BCUT2D eigenvalue weighted by molar-refractivity contribution is 0.112. The molecule has 6 rings (SSSR count). The molecule has 190 valence electrons. The molecule has 2 aliphatic heterocycles. The fourth-order valence-electron chi connectivity index (χ4n) is 5.58. The van der Waals surface area contributed by atoms with E-state index in [0.717, 1.165) is 49.9 Å². The van der Waals surface area contributed by atoms with E-state index in [9.17, 15) is 5.26 Å². The normalized spacial score (nSPS) is 19.6. The van der Waals surface area contributed by atoms with Crippen molar-refractivity contribution in [3.8, 4) is 6.07 Å². The number of imidazole rings is 1. The summed E-state index contributed by atoms with van der Waals surface area (Å²) in [6.07, 6.45) is 7.93. The number of benzene rings is 1. The topological polar surface area (TPSA) is 103 Å². The summed E-state index contributed by atoms with van der Waals surface area (Å²) in [7, 11) is 0. The molecule has 0 radical (unpaired) electrons. The zero-order chi connectivity index (χ0) is 25.5. The number of aromatic nitrogens is 6. The molecule has 1 aromatic carbocycles. The van der Waals surface area contributed by atoms with E-state index in [1.165, 1.54) is 12.8 Å². The quantitative estimate of drug-likeness (QED) is 0.382. The Morgan fingerprint density at radius 3 is 2.81 bits per heavy atom. The van der Waals surface area contributed by atoms with Crippen molar-refractivity contribution in [3.05, 3.63) is 63.9 Å². The Balaban J connectivity index is 1.19. The number of aromatic amines is 1. The fraction of sp³-hybridized carbons (Fsp3) is 0.423. The molecular formula is C26H27Cl2N9. The molecule has 1 unspecified atom stereocenters. The first-order valence-electron chi connectivity index (χ1n) is 12.6. The summed E-state index contributed by atoms with van der Waals surface area (Å²) in [6.45, 7) is 6.99. The maximum Gasteiger partial charge on any atom is 0.190 e. The van der Waals surface area contributed by atoms with Crippen LogP contribution in [0.1, 0.15) is 42.9 Å². The summed E-state index contributed by atoms with van der Waals surface area (Å²) in [4.78, 5) is 21.9. The lowest BCUT2D eigenvalue weighted by atomic mass is 9.80. The molecule has 2 atom stereocenters. The molecule has 9 nitrogen and oxygen atoms in total. The number of piperidine rings is 1. The summed E-state index contributed by atoms with van der Waals surface area (Å²) in [5.41, 5.74) is 2.19. The average Bonchev–Trinajstić information content (AvgIpc) is 3.50. The van der Waals surface area contributed by atoms with Crippen molar-refractivity contribution in [2.45, 2.75) is 32.4 Å². The third-order valence-corrected chi connectivity index (χ3v) is 8.21. The lowest BCUT2D eigenvalue weighted by Gasteiger charge is -2.47. The Bertz CT molecular complexity index is 1450. The standard InChI is InChI=1S/C26H27Cl2N9/c1-16(20-5-4-19(27)9-21(20)28)37-26-25(22(10-29)34-37)32-11-24(33-26)36-13-18(14-36)17-3-2-8-35(12-17)15-23-30-6-7-31-23/h4-7,9,11,16-18H,2-3,8,12-15H2,1H3,(H,30,31)/t16?,17-/m0/s1. The van der Waals surface area contributed by atoms with Crippen molar-refractivity contribution < 1.29 is 0 Å². The molecular weight excluding hydrogens is 509 g/mol. The van der Waals surface area contributed by atoms with Crippen LogP contribution in [0.25, 0.3) is 11.2 Å². The smallest absolute Gasteiger partial charge is 0.190 e. The van der Waals surface area contributed by atoms with E-state index in [0.29, 0.717) is 33.0 Å². The van der Waals surface area contributed by atoms with Gasteiger partial charge in [-0.15, -0.1) is 0 Å². The van der Waals surface area contributed by atoms with E-state index in [4.69, 9.17) is 28.2 Å². The van der Waals surface area contributed by atoms with E-state index < -0.39 is 0 Å². The number of anilines is 1. The Kier molecular flexibility index (Phi) is 6.49. The average molecular weight is 536 g/mol. The Labute approximate surface area is 225 Å². The first-order chi connectivity index (χ1) is 18.0. The van der Waals surface area contributed by atoms with Crippen molar-refractivity contribution in [2.24, 2.45) is 11.8 Å². The number of nitrogens with one attached hydrogen (secondary N) is 1. The van der Waals surface area contributed by atoms with Crippen LogP contribution in [0.4, 0.5) is 5.82 Å². The Morgan fingerprint density at radius 2 is 2.05 bits per heavy atom. The molecule has 1 N–H and O–H groups in total.